The van der Waals surface area contributed by atoms with E-state index in [0.717, 1.165) is 11.3 Å². The van der Waals surface area contributed by atoms with E-state index >= 15 is 0 Å². The zero-order valence-corrected chi connectivity index (χ0v) is 11.5. The first-order valence-electron chi connectivity index (χ1n) is 5.73. The number of amidine groups is 1. The highest BCUT2D eigenvalue weighted by Crippen LogP contribution is 2.28. The lowest BCUT2D eigenvalue weighted by Crippen LogP contribution is -2.13. The second-order valence-electron chi connectivity index (χ2n) is 4.23. The normalized spacial score (nSPS) is 10.3. The summed E-state index contributed by atoms with van der Waals surface area (Å²) >= 11 is 5.90. The van der Waals surface area contributed by atoms with E-state index in [9.17, 15) is 0 Å². The maximum Gasteiger partial charge on any atom is 0.230 e. The lowest BCUT2D eigenvalue weighted by Gasteiger charge is -2.12. The van der Waals surface area contributed by atoms with E-state index in [0.29, 0.717) is 22.2 Å². The molecule has 0 spiro atoms. The van der Waals surface area contributed by atoms with E-state index in [4.69, 9.17) is 27.5 Å². The molecule has 0 saturated carbocycles. The number of rotatable bonds is 3. The van der Waals surface area contributed by atoms with Crippen molar-refractivity contribution in [2.24, 2.45) is 5.73 Å². The van der Waals surface area contributed by atoms with Crippen molar-refractivity contribution in [3.8, 4) is 11.6 Å². The summed E-state index contributed by atoms with van der Waals surface area (Å²) in [5.74, 6) is 0.900. The molecule has 0 amide bonds. The lowest BCUT2D eigenvalue weighted by atomic mass is 10.2. The first kappa shape index (κ1) is 13.4. The van der Waals surface area contributed by atoms with Crippen molar-refractivity contribution < 1.29 is 4.74 Å². The summed E-state index contributed by atoms with van der Waals surface area (Å²) in [6.07, 6.45) is 0. The van der Waals surface area contributed by atoms with Gasteiger partial charge in [-0.15, -0.1) is 0 Å². The van der Waals surface area contributed by atoms with Crippen molar-refractivity contribution in [2.45, 2.75) is 13.8 Å². The van der Waals surface area contributed by atoms with E-state index < -0.39 is 0 Å². The molecule has 19 heavy (non-hydrogen) atoms. The summed E-state index contributed by atoms with van der Waals surface area (Å²) in [6, 6.07) is 8.84. The van der Waals surface area contributed by atoms with Crippen LogP contribution >= 0.6 is 11.6 Å². The minimum atomic E-state index is -0.0749. The van der Waals surface area contributed by atoms with Crippen LogP contribution in [0.5, 0.6) is 11.6 Å². The average molecular weight is 276 g/mol. The molecular weight excluding hydrogens is 262 g/mol. The Morgan fingerprint density at radius 1 is 1.26 bits per heavy atom. The van der Waals surface area contributed by atoms with E-state index in [1.54, 1.807) is 30.3 Å². The van der Waals surface area contributed by atoms with Gasteiger partial charge in [-0.2, -0.15) is 0 Å². The van der Waals surface area contributed by atoms with Crippen LogP contribution in [0.3, 0.4) is 0 Å². The number of hydrogen-bond donors (Lipinski definition) is 2. The van der Waals surface area contributed by atoms with Gasteiger partial charge in [0.1, 0.15) is 11.6 Å². The molecule has 0 saturated heterocycles. The van der Waals surface area contributed by atoms with E-state index in [-0.39, 0.29) is 5.84 Å². The first-order valence-corrected chi connectivity index (χ1v) is 6.11. The molecule has 1 heterocycles. The number of hydrogen-bond acceptors (Lipinski definition) is 3. The maximum absolute atomic E-state index is 7.54. The molecule has 0 aliphatic heterocycles. The molecule has 0 radical (unpaired) electrons. The Hall–Kier alpha value is -2.07. The van der Waals surface area contributed by atoms with Crippen LogP contribution < -0.4 is 10.5 Å². The number of ether oxygens (including phenoxy) is 1. The van der Waals surface area contributed by atoms with Gasteiger partial charge in [0.25, 0.3) is 0 Å². The van der Waals surface area contributed by atoms with Gasteiger partial charge >= 0.3 is 0 Å². The molecule has 1 aromatic heterocycles. The molecule has 0 unspecified atom stereocenters. The highest BCUT2D eigenvalue weighted by molar-refractivity contribution is 6.30. The first-order chi connectivity index (χ1) is 8.97. The van der Waals surface area contributed by atoms with E-state index in [1.807, 2.05) is 13.8 Å². The predicted molar refractivity (Wildman–Crippen MR) is 76.3 cm³/mol. The van der Waals surface area contributed by atoms with Gasteiger partial charge in [0.15, 0.2) is 0 Å². The molecule has 0 aliphatic carbocycles. The van der Waals surface area contributed by atoms with Crippen LogP contribution in [0.1, 0.15) is 16.8 Å². The third kappa shape index (κ3) is 3.03. The van der Waals surface area contributed by atoms with Crippen molar-refractivity contribution in [3.63, 3.8) is 0 Å². The molecule has 5 heteroatoms. The monoisotopic (exact) mass is 275 g/mol. The smallest absolute Gasteiger partial charge is 0.230 e. The van der Waals surface area contributed by atoms with Gasteiger partial charge < -0.3 is 10.5 Å². The van der Waals surface area contributed by atoms with Gasteiger partial charge in [-0.25, -0.2) is 4.98 Å². The van der Waals surface area contributed by atoms with Gasteiger partial charge in [0.2, 0.25) is 5.88 Å². The molecule has 3 N–H and O–H groups in total. The molecule has 4 nitrogen and oxygen atoms in total. The Balaban J connectivity index is 2.42. The molecule has 0 bridgehead atoms. The second kappa shape index (κ2) is 5.28. The molecule has 0 aliphatic rings. The standard InChI is InChI=1S/C14H14ClN3O/c1-8-7-10(15)4-6-12(8)19-14-11(13(16)17)5-3-9(2)18-14/h3-7H,1-2H3,(H3,16,17). The van der Waals surface area contributed by atoms with Crippen LogP contribution in [0.4, 0.5) is 0 Å². The minimum Gasteiger partial charge on any atom is -0.438 e. The van der Waals surface area contributed by atoms with Gasteiger partial charge in [-0.05, 0) is 49.7 Å². The summed E-state index contributed by atoms with van der Waals surface area (Å²) in [4.78, 5) is 4.28. The van der Waals surface area contributed by atoms with Crippen LogP contribution in [0, 0.1) is 19.3 Å². The van der Waals surface area contributed by atoms with Crippen molar-refractivity contribution >= 4 is 17.4 Å². The van der Waals surface area contributed by atoms with Crippen LogP contribution in [0.2, 0.25) is 5.02 Å². The number of benzene rings is 1. The summed E-state index contributed by atoms with van der Waals surface area (Å²) in [5, 5.41) is 8.18. The van der Waals surface area contributed by atoms with E-state index in [1.165, 1.54) is 0 Å². The number of nitrogens with two attached hydrogens (primary N) is 1. The number of pyridine rings is 1. The van der Waals surface area contributed by atoms with Crippen molar-refractivity contribution in [3.05, 3.63) is 52.2 Å². The fourth-order valence-corrected chi connectivity index (χ4v) is 1.87. The SMILES string of the molecule is Cc1ccc(C(=N)N)c(Oc2ccc(Cl)cc2C)n1. The minimum absolute atomic E-state index is 0.0749. The van der Waals surface area contributed by atoms with Gasteiger partial charge in [0, 0.05) is 10.7 Å². The van der Waals surface area contributed by atoms with Gasteiger partial charge in [-0.3, -0.25) is 5.41 Å². The largest absolute Gasteiger partial charge is 0.438 e. The number of aromatic nitrogens is 1. The Kier molecular flexibility index (Phi) is 3.71. The molecule has 2 aromatic rings. The maximum atomic E-state index is 7.54. The molecule has 0 fully saturated rings. The lowest BCUT2D eigenvalue weighted by molar-refractivity contribution is 0.457. The number of aryl methyl sites for hydroxylation is 2. The Bertz CT molecular complexity index is 641. The third-order valence-electron chi connectivity index (χ3n) is 2.63. The highest BCUT2D eigenvalue weighted by Gasteiger charge is 2.11. The Morgan fingerprint density at radius 2 is 2.00 bits per heavy atom. The summed E-state index contributed by atoms with van der Waals surface area (Å²) in [6.45, 7) is 3.75. The number of nitrogen functional groups attached to an aromatic ring is 1. The van der Waals surface area contributed by atoms with Crippen LogP contribution in [0.25, 0.3) is 0 Å². The molecule has 0 atom stereocenters. The summed E-state index contributed by atoms with van der Waals surface area (Å²) in [7, 11) is 0. The topological polar surface area (TPSA) is 72.0 Å². The van der Waals surface area contributed by atoms with Crippen LogP contribution in [0.15, 0.2) is 30.3 Å². The van der Waals surface area contributed by atoms with Crippen LogP contribution in [-0.2, 0) is 0 Å². The zero-order valence-electron chi connectivity index (χ0n) is 10.7. The van der Waals surface area contributed by atoms with Crippen molar-refractivity contribution in [2.75, 3.05) is 0 Å². The zero-order chi connectivity index (χ0) is 14.0. The number of nitrogens with zero attached hydrogens (tertiary/aromatic N) is 1. The number of nitrogens with one attached hydrogen (secondary N) is 1. The van der Waals surface area contributed by atoms with Gasteiger partial charge in [-0.1, -0.05) is 11.6 Å². The summed E-state index contributed by atoms with van der Waals surface area (Å²) < 4.78 is 5.75. The second-order valence-corrected chi connectivity index (χ2v) is 4.67. The molecule has 2 rings (SSSR count). The van der Waals surface area contributed by atoms with E-state index in [2.05, 4.69) is 4.98 Å². The Labute approximate surface area is 116 Å². The highest BCUT2D eigenvalue weighted by atomic mass is 35.5. The van der Waals surface area contributed by atoms with Crippen molar-refractivity contribution in [1.29, 1.82) is 5.41 Å². The van der Waals surface area contributed by atoms with Crippen LogP contribution in [-0.4, -0.2) is 10.8 Å². The van der Waals surface area contributed by atoms with Crippen molar-refractivity contribution in [1.82, 2.24) is 4.98 Å². The van der Waals surface area contributed by atoms with Gasteiger partial charge in [0.05, 0.1) is 5.56 Å². The average Bonchev–Trinajstić information content (AvgIpc) is 2.32. The Morgan fingerprint density at radius 3 is 2.63 bits per heavy atom. The summed E-state index contributed by atoms with van der Waals surface area (Å²) in [5.41, 5.74) is 7.69. The molecule has 98 valence electrons. The predicted octanol–water partition coefficient (Wildman–Crippen LogP) is 3.43. The molecular formula is C14H14ClN3O. The third-order valence-corrected chi connectivity index (χ3v) is 2.87. The molecule has 1 aromatic carbocycles. The quantitative estimate of drug-likeness (QED) is 0.666. The number of halogens is 1. The fraction of sp³-hybridized carbons (Fsp3) is 0.143. The fourth-order valence-electron chi connectivity index (χ4n) is 1.65.